The van der Waals surface area contributed by atoms with Gasteiger partial charge in [0, 0.05) is 25.7 Å². The molecule has 1 heterocycles. The monoisotopic (exact) mass is 480 g/mol. The van der Waals surface area contributed by atoms with E-state index in [4.69, 9.17) is 9.47 Å². The van der Waals surface area contributed by atoms with Gasteiger partial charge >= 0.3 is 0 Å². The SMILES string of the molecule is COc1cc2c(cc1OC)CN(C(=O)c1ccc(N(C)S(=O)(=O)c3ccc(C)cc3)cc1)CC2. The lowest BCUT2D eigenvalue weighted by molar-refractivity contribution is 0.0734. The Bertz CT molecular complexity index is 1300. The first-order valence-electron chi connectivity index (χ1n) is 10.9. The molecule has 0 aromatic heterocycles. The van der Waals surface area contributed by atoms with Gasteiger partial charge in [0.1, 0.15) is 0 Å². The van der Waals surface area contributed by atoms with E-state index >= 15 is 0 Å². The highest BCUT2D eigenvalue weighted by molar-refractivity contribution is 7.92. The number of aryl methyl sites for hydroxylation is 1. The minimum Gasteiger partial charge on any atom is -0.493 e. The Morgan fingerprint density at radius 3 is 2.09 bits per heavy atom. The highest BCUT2D eigenvalue weighted by Crippen LogP contribution is 2.33. The van der Waals surface area contributed by atoms with Crippen molar-refractivity contribution in [1.82, 2.24) is 4.90 Å². The minimum absolute atomic E-state index is 0.101. The van der Waals surface area contributed by atoms with E-state index in [1.54, 1.807) is 67.7 Å². The smallest absolute Gasteiger partial charge is 0.264 e. The van der Waals surface area contributed by atoms with Gasteiger partial charge in [-0.3, -0.25) is 9.10 Å². The van der Waals surface area contributed by atoms with Crippen LogP contribution in [0.3, 0.4) is 0 Å². The number of nitrogens with zero attached hydrogens (tertiary/aromatic N) is 2. The third-order valence-electron chi connectivity index (χ3n) is 6.16. The number of amides is 1. The maximum Gasteiger partial charge on any atom is 0.264 e. The zero-order valence-corrected chi connectivity index (χ0v) is 20.6. The van der Waals surface area contributed by atoms with Crippen LogP contribution in [0, 0.1) is 6.92 Å². The predicted molar refractivity (Wildman–Crippen MR) is 131 cm³/mol. The Morgan fingerprint density at radius 2 is 1.50 bits per heavy atom. The molecule has 1 aliphatic heterocycles. The molecular formula is C26H28N2O5S. The number of hydrogen-bond acceptors (Lipinski definition) is 5. The molecule has 0 saturated carbocycles. The van der Waals surface area contributed by atoms with Gasteiger partial charge in [0.15, 0.2) is 11.5 Å². The summed E-state index contributed by atoms with van der Waals surface area (Å²) < 4.78 is 37.9. The van der Waals surface area contributed by atoms with Crippen LogP contribution in [0.15, 0.2) is 65.6 Å². The van der Waals surface area contributed by atoms with Crippen LogP contribution < -0.4 is 13.8 Å². The number of anilines is 1. The lowest BCUT2D eigenvalue weighted by atomic mass is 9.98. The number of benzene rings is 3. The average molecular weight is 481 g/mol. The van der Waals surface area contributed by atoms with E-state index in [0.717, 1.165) is 23.1 Å². The van der Waals surface area contributed by atoms with Gasteiger partial charge in [-0.2, -0.15) is 0 Å². The first-order chi connectivity index (χ1) is 16.2. The summed E-state index contributed by atoms with van der Waals surface area (Å²) in [5, 5.41) is 0. The Morgan fingerprint density at radius 1 is 0.912 bits per heavy atom. The number of carbonyl (C=O) groups excluding carboxylic acids is 1. The molecule has 8 heteroatoms. The number of methoxy groups -OCH3 is 2. The van der Waals surface area contributed by atoms with E-state index in [1.807, 2.05) is 19.1 Å². The van der Waals surface area contributed by atoms with E-state index < -0.39 is 10.0 Å². The van der Waals surface area contributed by atoms with E-state index in [1.165, 1.54) is 11.4 Å². The number of ether oxygens (including phenoxy) is 2. The van der Waals surface area contributed by atoms with Gasteiger partial charge in [-0.25, -0.2) is 8.42 Å². The minimum atomic E-state index is -3.69. The summed E-state index contributed by atoms with van der Waals surface area (Å²) in [5.74, 6) is 1.22. The fourth-order valence-corrected chi connectivity index (χ4v) is 5.26. The molecule has 0 N–H and O–H groups in total. The zero-order valence-electron chi connectivity index (χ0n) is 19.7. The van der Waals surface area contributed by atoms with Crippen LogP contribution in [0.2, 0.25) is 0 Å². The van der Waals surface area contributed by atoms with Crippen LogP contribution in [0.5, 0.6) is 11.5 Å². The molecule has 178 valence electrons. The summed E-state index contributed by atoms with van der Waals surface area (Å²) in [7, 11) is 1.01. The van der Waals surface area contributed by atoms with Gasteiger partial charge in [-0.15, -0.1) is 0 Å². The highest BCUT2D eigenvalue weighted by Gasteiger charge is 2.25. The third kappa shape index (κ3) is 4.46. The van der Waals surface area contributed by atoms with Gasteiger partial charge < -0.3 is 14.4 Å². The standard InChI is InChI=1S/C26H28N2O5S/c1-18-5-11-23(12-6-18)34(30,31)27(2)22-9-7-19(8-10-22)26(29)28-14-13-20-15-24(32-3)25(33-4)16-21(20)17-28/h5-12,15-16H,13-14,17H2,1-4H3. The quantitative estimate of drug-likeness (QED) is 0.532. The van der Waals surface area contributed by atoms with Crippen LogP contribution in [-0.4, -0.2) is 47.0 Å². The van der Waals surface area contributed by atoms with Crippen LogP contribution in [-0.2, 0) is 23.0 Å². The molecule has 7 nitrogen and oxygen atoms in total. The molecule has 1 aliphatic rings. The molecule has 0 saturated heterocycles. The molecule has 0 aliphatic carbocycles. The maximum absolute atomic E-state index is 13.2. The van der Waals surface area contributed by atoms with Crippen LogP contribution in [0.25, 0.3) is 0 Å². The molecule has 4 rings (SSSR count). The lowest BCUT2D eigenvalue weighted by Gasteiger charge is -2.30. The van der Waals surface area contributed by atoms with E-state index in [0.29, 0.717) is 35.8 Å². The first kappa shape index (κ1) is 23.6. The normalized spacial score (nSPS) is 13.2. The predicted octanol–water partition coefficient (Wildman–Crippen LogP) is 4.04. The molecular weight excluding hydrogens is 452 g/mol. The summed E-state index contributed by atoms with van der Waals surface area (Å²) in [6.07, 6.45) is 0.719. The summed E-state index contributed by atoms with van der Waals surface area (Å²) >= 11 is 0. The number of fused-ring (bicyclic) bond motifs is 1. The van der Waals surface area contributed by atoms with E-state index in [-0.39, 0.29) is 10.8 Å². The molecule has 34 heavy (non-hydrogen) atoms. The topological polar surface area (TPSA) is 76.2 Å². The van der Waals surface area contributed by atoms with Gasteiger partial charge in [-0.05, 0) is 73.0 Å². The van der Waals surface area contributed by atoms with Crippen molar-refractivity contribution < 1.29 is 22.7 Å². The van der Waals surface area contributed by atoms with E-state index in [9.17, 15) is 13.2 Å². The summed E-state index contributed by atoms with van der Waals surface area (Å²) in [4.78, 5) is 15.2. The second-order valence-corrected chi connectivity index (χ2v) is 10.3. The van der Waals surface area contributed by atoms with Crippen molar-refractivity contribution in [2.45, 2.75) is 24.8 Å². The van der Waals surface area contributed by atoms with Gasteiger partial charge in [0.05, 0.1) is 24.8 Å². The van der Waals surface area contributed by atoms with Crippen LogP contribution in [0.1, 0.15) is 27.0 Å². The Labute approximate surface area is 200 Å². The second-order valence-electron chi connectivity index (χ2n) is 8.29. The molecule has 0 unspecified atom stereocenters. The Balaban J connectivity index is 1.51. The number of hydrogen-bond donors (Lipinski definition) is 0. The van der Waals surface area contributed by atoms with E-state index in [2.05, 4.69) is 0 Å². The van der Waals surface area contributed by atoms with Crippen LogP contribution >= 0.6 is 0 Å². The molecule has 0 fully saturated rings. The number of sulfonamides is 1. The van der Waals surface area contributed by atoms with Crippen molar-refractivity contribution in [2.75, 3.05) is 32.1 Å². The molecule has 0 atom stereocenters. The Kier molecular flexibility index (Phi) is 6.52. The average Bonchev–Trinajstić information content (AvgIpc) is 2.86. The molecule has 3 aromatic carbocycles. The summed E-state index contributed by atoms with van der Waals surface area (Å²) in [6, 6.07) is 17.3. The van der Waals surface area contributed by atoms with Crippen molar-refractivity contribution in [3.63, 3.8) is 0 Å². The maximum atomic E-state index is 13.2. The first-order valence-corrected chi connectivity index (χ1v) is 12.4. The van der Waals surface area contributed by atoms with Crippen molar-refractivity contribution in [1.29, 1.82) is 0 Å². The zero-order chi connectivity index (χ0) is 24.5. The third-order valence-corrected chi connectivity index (χ3v) is 7.96. The molecule has 0 spiro atoms. The summed E-state index contributed by atoms with van der Waals surface area (Å²) in [5.41, 5.74) is 4.15. The highest BCUT2D eigenvalue weighted by atomic mass is 32.2. The van der Waals surface area contributed by atoms with Crippen molar-refractivity contribution in [3.8, 4) is 11.5 Å². The van der Waals surface area contributed by atoms with Crippen molar-refractivity contribution in [2.24, 2.45) is 0 Å². The van der Waals surface area contributed by atoms with Gasteiger partial charge in [0.2, 0.25) is 0 Å². The summed E-state index contributed by atoms with van der Waals surface area (Å²) in [6.45, 7) is 2.97. The van der Waals surface area contributed by atoms with Crippen molar-refractivity contribution in [3.05, 3.63) is 82.9 Å². The largest absolute Gasteiger partial charge is 0.493 e. The fourth-order valence-electron chi connectivity index (χ4n) is 4.06. The number of carbonyl (C=O) groups is 1. The Hall–Kier alpha value is -3.52. The molecule has 1 amide bonds. The molecule has 0 radical (unpaired) electrons. The van der Waals surface area contributed by atoms with Crippen molar-refractivity contribution >= 4 is 21.6 Å². The van der Waals surface area contributed by atoms with Crippen LogP contribution in [0.4, 0.5) is 5.69 Å². The van der Waals surface area contributed by atoms with Gasteiger partial charge in [-0.1, -0.05) is 17.7 Å². The fraction of sp³-hybridized carbons (Fsp3) is 0.269. The lowest BCUT2D eigenvalue weighted by Crippen LogP contribution is -2.36. The second kappa shape index (κ2) is 9.38. The molecule has 3 aromatic rings. The molecule has 0 bridgehead atoms. The number of rotatable bonds is 6. The van der Waals surface area contributed by atoms with Gasteiger partial charge in [0.25, 0.3) is 15.9 Å².